The molecule has 0 bridgehead atoms. The standard InChI is InChI=1S/C7H7NO2/c1-10-5(9)7-2-6(7,3-7)4-8/h2-3H2,1H3. The van der Waals surface area contributed by atoms with Crippen molar-refractivity contribution in [1.29, 1.82) is 5.26 Å². The number of ether oxygens (including phenoxy) is 1. The van der Waals surface area contributed by atoms with Gasteiger partial charge < -0.3 is 4.74 Å². The lowest BCUT2D eigenvalue weighted by molar-refractivity contribution is -0.144. The van der Waals surface area contributed by atoms with E-state index in [1.54, 1.807) is 0 Å². The summed E-state index contributed by atoms with van der Waals surface area (Å²) in [5.41, 5.74) is -0.642. The molecule has 0 radical (unpaired) electrons. The highest BCUT2D eigenvalue weighted by molar-refractivity contribution is 5.88. The van der Waals surface area contributed by atoms with Gasteiger partial charge in [0.25, 0.3) is 0 Å². The van der Waals surface area contributed by atoms with Crippen LogP contribution >= 0.6 is 0 Å². The molecule has 0 N–H and O–H groups in total. The second kappa shape index (κ2) is 1.20. The number of nitriles is 1. The molecule has 2 fully saturated rings. The van der Waals surface area contributed by atoms with Crippen molar-refractivity contribution in [2.75, 3.05) is 7.11 Å². The monoisotopic (exact) mass is 137 g/mol. The third-order valence-electron chi connectivity index (χ3n) is 2.66. The van der Waals surface area contributed by atoms with Gasteiger partial charge in [-0.15, -0.1) is 0 Å². The molecule has 0 spiro atoms. The van der Waals surface area contributed by atoms with Crippen molar-refractivity contribution in [2.24, 2.45) is 10.8 Å². The Labute approximate surface area is 58.6 Å². The Balaban J connectivity index is 2.15. The van der Waals surface area contributed by atoms with Crippen LogP contribution in [0.25, 0.3) is 0 Å². The molecule has 0 unspecified atom stereocenters. The summed E-state index contributed by atoms with van der Waals surface area (Å²) in [6, 6.07) is 2.14. The van der Waals surface area contributed by atoms with Crippen LogP contribution in [0.3, 0.4) is 0 Å². The highest BCUT2D eigenvalue weighted by Crippen LogP contribution is 2.86. The van der Waals surface area contributed by atoms with Crippen LogP contribution in [-0.4, -0.2) is 13.1 Å². The van der Waals surface area contributed by atoms with Crippen LogP contribution in [0.15, 0.2) is 0 Å². The van der Waals surface area contributed by atoms with Crippen LogP contribution in [0.5, 0.6) is 0 Å². The highest BCUT2D eigenvalue weighted by atomic mass is 16.5. The molecule has 52 valence electrons. The van der Waals surface area contributed by atoms with Crippen molar-refractivity contribution in [3.05, 3.63) is 0 Å². The van der Waals surface area contributed by atoms with Crippen molar-refractivity contribution in [1.82, 2.24) is 0 Å². The minimum Gasteiger partial charge on any atom is -0.469 e. The summed E-state index contributed by atoms with van der Waals surface area (Å²) >= 11 is 0. The Hall–Kier alpha value is -1.04. The van der Waals surface area contributed by atoms with Gasteiger partial charge in [-0.1, -0.05) is 0 Å². The Morgan fingerprint density at radius 3 is 2.60 bits per heavy atom. The number of carbonyl (C=O) groups is 1. The summed E-state index contributed by atoms with van der Waals surface area (Å²) in [5, 5.41) is 8.56. The van der Waals surface area contributed by atoms with Crippen molar-refractivity contribution >= 4 is 5.97 Å². The average molecular weight is 137 g/mol. The molecule has 0 amide bonds. The summed E-state index contributed by atoms with van der Waals surface area (Å²) in [4.78, 5) is 10.9. The number of carbonyl (C=O) groups excluding carboxylic acids is 1. The molecule has 0 aromatic rings. The lowest BCUT2D eigenvalue weighted by Gasteiger charge is -1.96. The number of fused-ring (bicyclic) bond motifs is 1. The molecule has 0 aromatic carbocycles. The van der Waals surface area contributed by atoms with Crippen LogP contribution in [-0.2, 0) is 9.53 Å². The highest BCUT2D eigenvalue weighted by Gasteiger charge is 2.89. The lowest BCUT2D eigenvalue weighted by atomic mass is 10.2. The lowest BCUT2D eigenvalue weighted by Crippen LogP contribution is -2.08. The van der Waals surface area contributed by atoms with Gasteiger partial charge in [-0.2, -0.15) is 5.26 Å². The molecule has 2 aliphatic rings. The van der Waals surface area contributed by atoms with Crippen molar-refractivity contribution in [2.45, 2.75) is 12.8 Å². The van der Waals surface area contributed by atoms with E-state index < -0.39 is 0 Å². The van der Waals surface area contributed by atoms with Gasteiger partial charge in [0.1, 0.15) is 0 Å². The first kappa shape index (κ1) is 5.72. The maximum Gasteiger partial charge on any atom is 0.313 e. The molecule has 2 saturated carbocycles. The van der Waals surface area contributed by atoms with Crippen molar-refractivity contribution < 1.29 is 9.53 Å². The molecular formula is C7H7NO2. The van der Waals surface area contributed by atoms with E-state index in [0.717, 1.165) is 12.8 Å². The zero-order chi connectivity index (χ0) is 7.41. The second-order valence-electron chi connectivity index (χ2n) is 3.12. The first-order valence-corrected chi connectivity index (χ1v) is 3.20. The van der Waals surface area contributed by atoms with E-state index in [1.807, 2.05) is 0 Å². The Kier molecular flexibility index (Phi) is 0.684. The minimum absolute atomic E-state index is 0.200. The summed E-state index contributed by atoms with van der Waals surface area (Å²) in [7, 11) is 1.37. The van der Waals surface area contributed by atoms with Gasteiger partial charge in [0, 0.05) is 0 Å². The van der Waals surface area contributed by atoms with E-state index in [4.69, 9.17) is 5.26 Å². The zero-order valence-electron chi connectivity index (χ0n) is 5.68. The third kappa shape index (κ3) is 0.340. The van der Waals surface area contributed by atoms with Gasteiger partial charge in [-0.05, 0) is 12.8 Å². The second-order valence-corrected chi connectivity index (χ2v) is 3.12. The molecule has 3 nitrogen and oxygen atoms in total. The Morgan fingerprint density at radius 2 is 2.30 bits per heavy atom. The van der Waals surface area contributed by atoms with E-state index >= 15 is 0 Å². The van der Waals surface area contributed by atoms with Crippen molar-refractivity contribution in [3.8, 4) is 6.07 Å². The van der Waals surface area contributed by atoms with Gasteiger partial charge in [-0.25, -0.2) is 0 Å². The summed E-state index contributed by atoms with van der Waals surface area (Å²) < 4.78 is 4.56. The third-order valence-corrected chi connectivity index (χ3v) is 2.66. The average Bonchev–Trinajstić information content (AvgIpc) is 2.70. The maximum atomic E-state index is 10.9. The fraction of sp³-hybridized carbons (Fsp3) is 0.714. The number of hydrogen-bond donors (Lipinski definition) is 0. The van der Waals surface area contributed by atoms with Crippen LogP contribution in [0.4, 0.5) is 0 Å². The predicted molar refractivity (Wildman–Crippen MR) is 31.7 cm³/mol. The van der Waals surface area contributed by atoms with Gasteiger partial charge in [0.05, 0.1) is 24.0 Å². The predicted octanol–water partition coefficient (Wildman–Crippen LogP) is 0.463. The quantitative estimate of drug-likeness (QED) is 0.493. The Bertz CT molecular complexity index is 245. The van der Waals surface area contributed by atoms with Gasteiger partial charge >= 0.3 is 5.97 Å². The number of methoxy groups -OCH3 is 1. The van der Waals surface area contributed by atoms with E-state index in [9.17, 15) is 4.79 Å². The normalized spacial score (nSPS) is 46.8. The fourth-order valence-corrected chi connectivity index (χ4v) is 1.61. The maximum absolute atomic E-state index is 10.9. The SMILES string of the molecule is COC(=O)C12CC1(C#N)C2. The number of rotatable bonds is 1. The molecule has 2 rings (SSSR count). The zero-order valence-corrected chi connectivity index (χ0v) is 5.68. The molecule has 0 aromatic heterocycles. The van der Waals surface area contributed by atoms with E-state index in [1.165, 1.54) is 7.11 Å². The number of esters is 1. The number of nitrogens with zero attached hydrogens (tertiary/aromatic N) is 1. The molecule has 10 heavy (non-hydrogen) atoms. The Morgan fingerprint density at radius 1 is 1.70 bits per heavy atom. The molecule has 0 aliphatic heterocycles. The summed E-state index contributed by atoms with van der Waals surface area (Å²) in [5.74, 6) is -0.200. The molecule has 0 saturated heterocycles. The first-order chi connectivity index (χ1) is 4.71. The topological polar surface area (TPSA) is 50.1 Å². The summed E-state index contributed by atoms with van der Waals surface area (Å²) in [6.07, 6.45) is 1.45. The first-order valence-electron chi connectivity index (χ1n) is 3.20. The smallest absolute Gasteiger partial charge is 0.313 e. The number of hydrogen-bond acceptors (Lipinski definition) is 3. The molecular weight excluding hydrogens is 130 g/mol. The van der Waals surface area contributed by atoms with Gasteiger partial charge in [0.2, 0.25) is 0 Å². The molecule has 2 aliphatic carbocycles. The van der Waals surface area contributed by atoms with Crippen molar-refractivity contribution in [3.63, 3.8) is 0 Å². The van der Waals surface area contributed by atoms with E-state index in [-0.39, 0.29) is 16.8 Å². The van der Waals surface area contributed by atoms with E-state index in [2.05, 4.69) is 10.8 Å². The largest absolute Gasteiger partial charge is 0.469 e. The fourth-order valence-electron chi connectivity index (χ4n) is 1.61. The molecule has 0 atom stereocenters. The summed E-state index contributed by atoms with van der Waals surface area (Å²) in [6.45, 7) is 0. The molecule has 3 heteroatoms. The van der Waals surface area contributed by atoms with E-state index in [0.29, 0.717) is 0 Å². The van der Waals surface area contributed by atoms with Crippen LogP contribution in [0.2, 0.25) is 0 Å². The van der Waals surface area contributed by atoms with Gasteiger partial charge in [-0.3, -0.25) is 4.79 Å². The van der Waals surface area contributed by atoms with Crippen LogP contribution in [0.1, 0.15) is 12.8 Å². The van der Waals surface area contributed by atoms with Crippen LogP contribution in [0, 0.1) is 22.2 Å². The minimum atomic E-state index is -0.351. The van der Waals surface area contributed by atoms with Crippen LogP contribution < -0.4 is 0 Å². The van der Waals surface area contributed by atoms with Gasteiger partial charge in [0.15, 0.2) is 0 Å². The molecule has 0 heterocycles.